The molecule has 0 atom stereocenters. The number of hydrogen-bond acceptors (Lipinski definition) is 1. The van der Waals surface area contributed by atoms with Gasteiger partial charge in [0.15, 0.2) is 5.69 Å². The summed E-state index contributed by atoms with van der Waals surface area (Å²) in [6, 6.07) is 15.5. The molecular weight excluding hydrogens is 210 g/mol. The Hall–Kier alpha value is -2.60. The van der Waals surface area contributed by atoms with Gasteiger partial charge in [0.1, 0.15) is 6.33 Å². The molecule has 0 aliphatic heterocycles. The van der Waals surface area contributed by atoms with Crippen molar-refractivity contribution >= 4 is 16.7 Å². The molecule has 2 aromatic carbocycles. The van der Waals surface area contributed by atoms with Gasteiger partial charge >= 0.3 is 0 Å². The van der Waals surface area contributed by atoms with Crippen LogP contribution in [-0.2, 0) is 0 Å². The zero-order chi connectivity index (χ0) is 11.7. The van der Waals surface area contributed by atoms with Gasteiger partial charge in [-0.3, -0.25) is 0 Å². The molecule has 0 radical (unpaired) electrons. The van der Waals surface area contributed by atoms with E-state index >= 15 is 0 Å². The number of hydrogen-bond donors (Lipinski definition) is 0. The van der Waals surface area contributed by atoms with Gasteiger partial charge < -0.3 is 4.57 Å². The smallest absolute Gasteiger partial charge is 0.189 e. The van der Waals surface area contributed by atoms with Crippen LogP contribution in [0.4, 0.5) is 5.69 Å². The molecule has 0 N–H and O–H groups in total. The molecule has 3 rings (SSSR count). The lowest BCUT2D eigenvalue weighted by Crippen LogP contribution is -1.90. The van der Waals surface area contributed by atoms with Crippen LogP contribution in [-0.4, -0.2) is 9.55 Å². The van der Waals surface area contributed by atoms with Crippen LogP contribution in [0.25, 0.3) is 21.6 Å². The predicted molar refractivity (Wildman–Crippen MR) is 67.3 cm³/mol. The van der Waals surface area contributed by atoms with E-state index in [2.05, 4.69) is 9.83 Å². The third kappa shape index (κ3) is 1.56. The summed E-state index contributed by atoms with van der Waals surface area (Å²) >= 11 is 0. The molecule has 0 amide bonds. The van der Waals surface area contributed by atoms with Crippen molar-refractivity contribution < 1.29 is 0 Å². The van der Waals surface area contributed by atoms with E-state index in [9.17, 15) is 0 Å². The summed E-state index contributed by atoms with van der Waals surface area (Å²) in [5.41, 5.74) is 3.55. The first-order valence-corrected chi connectivity index (χ1v) is 5.28. The van der Waals surface area contributed by atoms with Crippen LogP contribution in [0.5, 0.6) is 0 Å². The minimum Gasteiger partial charge on any atom is -0.300 e. The average molecular weight is 219 g/mol. The van der Waals surface area contributed by atoms with Crippen molar-refractivity contribution in [2.24, 2.45) is 0 Å². The average Bonchev–Trinajstić information content (AvgIpc) is 2.82. The normalized spacial score (nSPS) is 10.3. The summed E-state index contributed by atoms with van der Waals surface area (Å²) < 4.78 is 1.99. The molecule has 17 heavy (non-hydrogen) atoms. The Morgan fingerprint density at radius 3 is 2.65 bits per heavy atom. The molecule has 0 bridgehead atoms. The summed E-state index contributed by atoms with van der Waals surface area (Å²) in [6.07, 6.45) is 1.79. The maximum absolute atomic E-state index is 7.04. The maximum atomic E-state index is 7.04. The largest absolute Gasteiger partial charge is 0.300 e. The minimum absolute atomic E-state index is 0.634. The fraction of sp³-hybridized carbons (Fsp3) is 0. The van der Waals surface area contributed by atoms with Crippen molar-refractivity contribution in [3.63, 3.8) is 0 Å². The number of fused-ring (bicyclic) bond motifs is 1. The van der Waals surface area contributed by atoms with Crippen molar-refractivity contribution in [2.75, 3.05) is 0 Å². The van der Waals surface area contributed by atoms with E-state index in [1.165, 1.54) is 0 Å². The van der Waals surface area contributed by atoms with Crippen LogP contribution in [0.2, 0.25) is 0 Å². The predicted octanol–water partition coefficient (Wildman–Crippen LogP) is 3.58. The summed E-state index contributed by atoms with van der Waals surface area (Å²) in [5, 5.41) is 0. The fourth-order valence-electron chi connectivity index (χ4n) is 1.86. The van der Waals surface area contributed by atoms with Crippen molar-refractivity contribution in [3.05, 3.63) is 66.3 Å². The lowest BCUT2D eigenvalue weighted by Gasteiger charge is -2.03. The summed E-state index contributed by atoms with van der Waals surface area (Å²) in [5.74, 6) is 0. The molecule has 1 heterocycles. The number of nitrogens with zero attached hydrogens (tertiary/aromatic N) is 3. The van der Waals surface area contributed by atoms with E-state index in [-0.39, 0.29) is 0 Å². The Morgan fingerprint density at radius 1 is 1.06 bits per heavy atom. The highest BCUT2D eigenvalue weighted by Crippen LogP contribution is 2.23. The number of benzene rings is 2. The molecule has 3 heteroatoms. The van der Waals surface area contributed by atoms with Gasteiger partial charge in [-0.1, -0.05) is 24.3 Å². The van der Waals surface area contributed by atoms with E-state index in [1.807, 2.05) is 47.0 Å². The standard InChI is InChI=1S/C14H9N3/c1-15-11-7-8-13-14(9-11)17(10-16-13)12-5-3-2-4-6-12/h2-10H. The maximum Gasteiger partial charge on any atom is 0.189 e. The van der Waals surface area contributed by atoms with E-state index in [4.69, 9.17) is 6.57 Å². The first-order chi connectivity index (χ1) is 8.38. The second-order valence-corrected chi connectivity index (χ2v) is 3.73. The van der Waals surface area contributed by atoms with E-state index < -0.39 is 0 Å². The van der Waals surface area contributed by atoms with Crippen LogP contribution < -0.4 is 0 Å². The van der Waals surface area contributed by atoms with Crippen LogP contribution in [0, 0.1) is 6.57 Å². The third-order valence-corrected chi connectivity index (χ3v) is 2.69. The molecule has 0 spiro atoms. The molecule has 0 fully saturated rings. The van der Waals surface area contributed by atoms with E-state index in [1.54, 1.807) is 12.4 Å². The minimum atomic E-state index is 0.634. The van der Waals surface area contributed by atoms with Crippen LogP contribution in [0.15, 0.2) is 54.9 Å². The van der Waals surface area contributed by atoms with Crippen molar-refractivity contribution in [2.45, 2.75) is 0 Å². The quantitative estimate of drug-likeness (QED) is 0.573. The monoisotopic (exact) mass is 219 g/mol. The van der Waals surface area contributed by atoms with Gasteiger partial charge in [0.05, 0.1) is 17.6 Å². The SMILES string of the molecule is [C-]#[N+]c1ccc2ncn(-c3ccccc3)c2c1. The summed E-state index contributed by atoms with van der Waals surface area (Å²) in [7, 11) is 0. The number of para-hydroxylation sites is 1. The molecular formula is C14H9N3. The van der Waals surface area contributed by atoms with Crippen molar-refractivity contribution in [1.29, 1.82) is 0 Å². The van der Waals surface area contributed by atoms with Gasteiger partial charge in [-0.25, -0.2) is 9.83 Å². The Bertz CT molecular complexity index is 705. The fourth-order valence-corrected chi connectivity index (χ4v) is 1.86. The van der Waals surface area contributed by atoms with Crippen LogP contribution in [0.1, 0.15) is 0 Å². The van der Waals surface area contributed by atoms with Gasteiger partial charge in [0.2, 0.25) is 0 Å². The molecule has 1 aromatic heterocycles. The van der Waals surface area contributed by atoms with Gasteiger partial charge in [0, 0.05) is 5.69 Å². The highest BCUT2D eigenvalue weighted by Gasteiger charge is 2.04. The molecule has 0 aliphatic rings. The second-order valence-electron chi connectivity index (χ2n) is 3.73. The number of rotatable bonds is 1. The van der Waals surface area contributed by atoms with Crippen LogP contribution in [0.3, 0.4) is 0 Å². The number of aromatic nitrogens is 2. The van der Waals surface area contributed by atoms with E-state index in [0.717, 1.165) is 16.7 Å². The van der Waals surface area contributed by atoms with Gasteiger partial charge in [-0.15, -0.1) is 0 Å². The van der Waals surface area contributed by atoms with Crippen LogP contribution >= 0.6 is 0 Å². The Kier molecular flexibility index (Phi) is 2.13. The molecule has 3 aromatic rings. The molecule has 0 saturated carbocycles. The summed E-state index contributed by atoms with van der Waals surface area (Å²) in [6.45, 7) is 7.04. The zero-order valence-electron chi connectivity index (χ0n) is 9.04. The molecule has 80 valence electrons. The Morgan fingerprint density at radius 2 is 1.88 bits per heavy atom. The van der Waals surface area contributed by atoms with Gasteiger partial charge in [0.25, 0.3) is 0 Å². The Labute approximate surface area is 98.8 Å². The van der Waals surface area contributed by atoms with Crippen molar-refractivity contribution in [3.8, 4) is 5.69 Å². The van der Waals surface area contributed by atoms with Crippen molar-refractivity contribution in [1.82, 2.24) is 9.55 Å². The lowest BCUT2D eigenvalue weighted by atomic mass is 10.2. The molecule has 0 unspecified atom stereocenters. The zero-order valence-corrected chi connectivity index (χ0v) is 9.04. The lowest BCUT2D eigenvalue weighted by molar-refractivity contribution is 1.09. The molecule has 0 aliphatic carbocycles. The Balaban J connectivity index is 2.28. The number of imidazole rings is 1. The topological polar surface area (TPSA) is 22.2 Å². The second kappa shape index (κ2) is 3.76. The van der Waals surface area contributed by atoms with Gasteiger partial charge in [-0.2, -0.15) is 0 Å². The highest BCUT2D eigenvalue weighted by atomic mass is 15.0. The highest BCUT2D eigenvalue weighted by molar-refractivity contribution is 5.81. The first-order valence-electron chi connectivity index (χ1n) is 5.28. The van der Waals surface area contributed by atoms with Gasteiger partial charge in [-0.05, 0) is 24.3 Å². The first kappa shape index (κ1) is 9.61. The summed E-state index contributed by atoms with van der Waals surface area (Å²) in [4.78, 5) is 7.77. The third-order valence-electron chi connectivity index (χ3n) is 2.69. The molecule has 3 nitrogen and oxygen atoms in total. The van der Waals surface area contributed by atoms with E-state index in [0.29, 0.717) is 5.69 Å². The molecule has 0 saturated heterocycles.